The summed E-state index contributed by atoms with van der Waals surface area (Å²) in [6.07, 6.45) is 0. The van der Waals surface area contributed by atoms with Gasteiger partial charge in [-0.05, 0) is 23.3 Å². The Morgan fingerprint density at radius 1 is 0.821 bits per heavy atom. The first-order valence-corrected chi connectivity index (χ1v) is 8.57. The van der Waals surface area contributed by atoms with Crippen molar-refractivity contribution in [2.75, 3.05) is 21.3 Å². The number of ether oxygens (including phenoxy) is 3. The number of methoxy groups -OCH3 is 3. The molecule has 0 fully saturated rings. The Morgan fingerprint density at radius 2 is 1.50 bits per heavy atom. The summed E-state index contributed by atoms with van der Waals surface area (Å²) in [7, 11) is 4.60. The highest BCUT2D eigenvalue weighted by Crippen LogP contribution is 2.40. The maximum absolute atomic E-state index is 14.7. The van der Waals surface area contributed by atoms with E-state index in [4.69, 9.17) is 14.2 Å². The molecule has 142 valence electrons. The van der Waals surface area contributed by atoms with Crippen molar-refractivity contribution in [2.24, 2.45) is 0 Å². The SMILES string of the molecule is COc1cc(-n2nnc3c(F)cc(-c4ccccc4)cc32)cc(OC)c1OC. The van der Waals surface area contributed by atoms with Crippen LogP contribution in [0, 0.1) is 5.82 Å². The van der Waals surface area contributed by atoms with E-state index in [2.05, 4.69) is 10.3 Å². The van der Waals surface area contributed by atoms with Crippen LogP contribution in [0.2, 0.25) is 0 Å². The molecular weight excluding hydrogens is 361 g/mol. The Kier molecular flexibility index (Phi) is 4.57. The van der Waals surface area contributed by atoms with E-state index in [9.17, 15) is 4.39 Å². The molecule has 0 bridgehead atoms. The minimum atomic E-state index is -0.435. The third-order valence-electron chi connectivity index (χ3n) is 4.51. The summed E-state index contributed by atoms with van der Waals surface area (Å²) in [6, 6.07) is 16.4. The van der Waals surface area contributed by atoms with Gasteiger partial charge in [-0.2, -0.15) is 0 Å². The Hall–Kier alpha value is -3.61. The average molecular weight is 379 g/mol. The van der Waals surface area contributed by atoms with Crippen molar-refractivity contribution in [3.8, 4) is 34.1 Å². The molecule has 0 aliphatic carbocycles. The molecule has 1 aromatic heterocycles. The lowest BCUT2D eigenvalue weighted by atomic mass is 10.0. The first-order valence-electron chi connectivity index (χ1n) is 8.57. The van der Waals surface area contributed by atoms with Crippen LogP contribution >= 0.6 is 0 Å². The van der Waals surface area contributed by atoms with Crippen LogP contribution in [-0.2, 0) is 0 Å². The highest BCUT2D eigenvalue weighted by Gasteiger charge is 2.18. The quantitative estimate of drug-likeness (QED) is 0.519. The van der Waals surface area contributed by atoms with Gasteiger partial charge in [-0.25, -0.2) is 9.07 Å². The van der Waals surface area contributed by atoms with Gasteiger partial charge >= 0.3 is 0 Å². The molecule has 0 radical (unpaired) electrons. The average Bonchev–Trinajstić information content (AvgIpc) is 3.17. The van der Waals surface area contributed by atoms with Gasteiger partial charge in [0.15, 0.2) is 17.3 Å². The Morgan fingerprint density at radius 3 is 2.11 bits per heavy atom. The van der Waals surface area contributed by atoms with E-state index in [-0.39, 0.29) is 5.52 Å². The van der Waals surface area contributed by atoms with Gasteiger partial charge in [-0.3, -0.25) is 0 Å². The Labute approximate surface area is 161 Å². The highest BCUT2D eigenvalue weighted by molar-refractivity contribution is 5.83. The maximum atomic E-state index is 14.7. The topological polar surface area (TPSA) is 58.4 Å². The van der Waals surface area contributed by atoms with Crippen LogP contribution in [0.25, 0.3) is 27.8 Å². The second-order valence-corrected chi connectivity index (χ2v) is 6.08. The van der Waals surface area contributed by atoms with Crippen molar-refractivity contribution < 1.29 is 18.6 Å². The second kappa shape index (κ2) is 7.19. The molecule has 0 atom stereocenters. The molecule has 0 saturated carbocycles. The van der Waals surface area contributed by atoms with E-state index in [0.717, 1.165) is 11.1 Å². The third kappa shape index (κ3) is 2.90. The highest BCUT2D eigenvalue weighted by atomic mass is 19.1. The molecule has 4 aromatic rings. The lowest BCUT2D eigenvalue weighted by Gasteiger charge is -2.14. The van der Waals surface area contributed by atoms with Crippen molar-refractivity contribution in [1.82, 2.24) is 15.0 Å². The van der Waals surface area contributed by atoms with Crippen LogP contribution in [0.3, 0.4) is 0 Å². The third-order valence-corrected chi connectivity index (χ3v) is 4.51. The van der Waals surface area contributed by atoms with Gasteiger partial charge < -0.3 is 14.2 Å². The largest absolute Gasteiger partial charge is 0.493 e. The summed E-state index contributed by atoms with van der Waals surface area (Å²) >= 11 is 0. The summed E-state index contributed by atoms with van der Waals surface area (Å²) in [5, 5.41) is 8.15. The molecular formula is C21H18FN3O3. The minimum absolute atomic E-state index is 0.188. The number of benzene rings is 3. The molecule has 1 heterocycles. The van der Waals surface area contributed by atoms with Gasteiger partial charge in [0.1, 0.15) is 5.52 Å². The van der Waals surface area contributed by atoms with Crippen LogP contribution in [-0.4, -0.2) is 36.3 Å². The fourth-order valence-electron chi connectivity index (χ4n) is 3.16. The van der Waals surface area contributed by atoms with Crippen molar-refractivity contribution in [3.05, 3.63) is 60.4 Å². The lowest BCUT2D eigenvalue weighted by Crippen LogP contribution is -2.01. The van der Waals surface area contributed by atoms with Crippen LogP contribution in [0.15, 0.2) is 54.6 Å². The number of aromatic nitrogens is 3. The Bertz CT molecular complexity index is 1120. The summed E-state index contributed by atoms with van der Waals surface area (Å²) in [5.74, 6) is 0.977. The van der Waals surface area contributed by atoms with Gasteiger partial charge in [0.25, 0.3) is 0 Å². The molecule has 3 aromatic carbocycles. The van der Waals surface area contributed by atoms with E-state index in [1.165, 1.54) is 27.4 Å². The minimum Gasteiger partial charge on any atom is -0.493 e. The van der Waals surface area contributed by atoms with Crippen molar-refractivity contribution in [1.29, 1.82) is 0 Å². The van der Waals surface area contributed by atoms with Crippen LogP contribution < -0.4 is 14.2 Å². The molecule has 0 amide bonds. The van der Waals surface area contributed by atoms with Crippen LogP contribution in [0.1, 0.15) is 0 Å². The first-order chi connectivity index (χ1) is 13.7. The monoisotopic (exact) mass is 379 g/mol. The normalized spacial score (nSPS) is 10.9. The van der Waals surface area contributed by atoms with E-state index in [1.54, 1.807) is 16.8 Å². The molecule has 7 heteroatoms. The predicted octanol–water partition coefficient (Wildman–Crippen LogP) is 4.25. The van der Waals surface area contributed by atoms with Gasteiger partial charge in [-0.1, -0.05) is 35.5 Å². The number of nitrogens with zero attached hydrogens (tertiary/aromatic N) is 3. The number of rotatable bonds is 5. The van der Waals surface area contributed by atoms with E-state index >= 15 is 0 Å². The summed E-state index contributed by atoms with van der Waals surface area (Å²) in [5.41, 5.74) is 2.98. The molecule has 0 unspecified atom stereocenters. The fraction of sp³-hybridized carbons (Fsp3) is 0.143. The van der Waals surface area contributed by atoms with Crippen molar-refractivity contribution >= 4 is 11.0 Å². The van der Waals surface area contributed by atoms with E-state index in [1.807, 2.05) is 36.4 Å². The van der Waals surface area contributed by atoms with Crippen LogP contribution in [0.4, 0.5) is 4.39 Å². The number of hydrogen-bond donors (Lipinski definition) is 0. The van der Waals surface area contributed by atoms with Gasteiger partial charge in [0, 0.05) is 12.1 Å². The van der Waals surface area contributed by atoms with E-state index < -0.39 is 5.82 Å². The zero-order valence-electron chi connectivity index (χ0n) is 15.6. The molecule has 0 aliphatic heterocycles. The smallest absolute Gasteiger partial charge is 0.203 e. The predicted molar refractivity (Wildman–Crippen MR) is 104 cm³/mol. The first kappa shape index (κ1) is 17.8. The summed E-state index contributed by atoms with van der Waals surface area (Å²) in [4.78, 5) is 0. The van der Waals surface area contributed by atoms with E-state index in [0.29, 0.717) is 28.5 Å². The molecule has 0 N–H and O–H groups in total. The number of halogens is 1. The van der Waals surface area contributed by atoms with Gasteiger partial charge in [0.2, 0.25) is 5.75 Å². The molecule has 28 heavy (non-hydrogen) atoms. The summed E-state index contributed by atoms with van der Waals surface area (Å²) < 4.78 is 32.4. The summed E-state index contributed by atoms with van der Waals surface area (Å²) in [6.45, 7) is 0. The Balaban J connectivity index is 1.94. The van der Waals surface area contributed by atoms with Crippen LogP contribution in [0.5, 0.6) is 17.2 Å². The number of hydrogen-bond acceptors (Lipinski definition) is 5. The fourth-order valence-corrected chi connectivity index (χ4v) is 3.16. The molecule has 4 rings (SSSR count). The molecule has 0 spiro atoms. The molecule has 6 nitrogen and oxygen atoms in total. The van der Waals surface area contributed by atoms with Crippen molar-refractivity contribution in [2.45, 2.75) is 0 Å². The second-order valence-electron chi connectivity index (χ2n) is 6.08. The number of fused-ring (bicyclic) bond motifs is 1. The van der Waals surface area contributed by atoms with Gasteiger partial charge in [0.05, 0.1) is 32.5 Å². The maximum Gasteiger partial charge on any atom is 0.203 e. The zero-order valence-corrected chi connectivity index (χ0v) is 15.6. The standard InChI is InChI=1S/C21H18FN3O3/c1-26-18-11-15(12-19(27-2)21(18)28-3)25-17-10-14(13-7-5-4-6-8-13)9-16(22)20(17)23-24-25/h4-12H,1-3H3. The zero-order chi connectivity index (χ0) is 19.7. The lowest BCUT2D eigenvalue weighted by molar-refractivity contribution is 0.324. The van der Waals surface area contributed by atoms with Crippen molar-refractivity contribution in [3.63, 3.8) is 0 Å². The van der Waals surface area contributed by atoms with Gasteiger partial charge in [-0.15, -0.1) is 5.10 Å². The molecule has 0 saturated heterocycles. The molecule has 0 aliphatic rings.